The number of ether oxygens (including phenoxy) is 1. The van der Waals surface area contributed by atoms with Crippen molar-refractivity contribution in [2.75, 3.05) is 19.4 Å². The first-order chi connectivity index (χ1) is 9.60. The fraction of sp³-hybridized carbons (Fsp3) is 0.267. The van der Waals surface area contributed by atoms with Crippen LogP contribution in [0.25, 0.3) is 0 Å². The number of carbonyl (C=O) groups excluding carboxylic acids is 1. The van der Waals surface area contributed by atoms with Gasteiger partial charge in [-0.25, -0.2) is 0 Å². The van der Waals surface area contributed by atoms with Crippen LogP contribution in [0, 0.1) is 6.92 Å². The van der Waals surface area contributed by atoms with Crippen LogP contribution < -0.4 is 15.8 Å². The van der Waals surface area contributed by atoms with E-state index in [1.165, 1.54) is 11.3 Å². The van der Waals surface area contributed by atoms with E-state index in [1.807, 2.05) is 31.2 Å². The quantitative estimate of drug-likeness (QED) is 0.889. The molecule has 0 saturated heterocycles. The van der Waals surface area contributed by atoms with Gasteiger partial charge in [-0.2, -0.15) is 0 Å². The average Bonchev–Trinajstić information content (AvgIpc) is 2.79. The van der Waals surface area contributed by atoms with Crippen LogP contribution in [-0.4, -0.2) is 19.6 Å². The molecule has 106 valence electrons. The standard InChI is InChI=1S/C15H18N2O2S/c1-10-13(16)9-14(20-10)15(18)17-8-7-11-3-5-12(19-2)6-4-11/h3-6,9H,7-8,16H2,1-2H3,(H,17,18). The Morgan fingerprint density at radius 2 is 2.05 bits per heavy atom. The third-order valence-corrected chi connectivity index (χ3v) is 4.10. The Balaban J connectivity index is 1.84. The topological polar surface area (TPSA) is 64.3 Å². The number of aryl methyl sites for hydroxylation is 1. The second kappa shape index (κ2) is 6.43. The lowest BCUT2D eigenvalue weighted by Crippen LogP contribution is -2.24. The van der Waals surface area contributed by atoms with Gasteiger partial charge in [-0.1, -0.05) is 12.1 Å². The maximum atomic E-state index is 11.9. The minimum Gasteiger partial charge on any atom is -0.497 e. The summed E-state index contributed by atoms with van der Waals surface area (Å²) in [6.07, 6.45) is 0.787. The van der Waals surface area contributed by atoms with Crippen LogP contribution >= 0.6 is 11.3 Å². The number of benzene rings is 1. The van der Waals surface area contributed by atoms with Gasteiger partial charge in [0, 0.05) is 17.1 Å². The monoisotopic (exact) mass is 290 g/mol. The van der Waals surface area contributed by atoms with Crippen molar-refractivity contribution in [3.05, 3.63) is 45.6 Å². The summed E-state index contributed by atoms with van der Waals surface area (Å²) in [7, 11) is 1.64. The van der Waals surface area contributed by atoms with E-state index >= 15 is 0 Å². The van der Waals surface area contributed by atoms with Gasteiger partial charge in [0.25, 0.3) is 5.91 Å². The third-order valence-electron chi connectivity index (χ3n) is 3.04. The maximum Gasteiger partial charge on any atom is 0.261 e. The van der Waals surface area contributed by atoms with Gasteiger partial charge in [0.2, 0.25) is 0 Å². The number of carbonyl (C=O) groups is 1. The molecule has 0 aliphatic heterocycles. The number of amides is 1. The van der Waals surface area contributed by atoms with Crippen LogP contribution in [0.3, 0.4) is 0 Å². The first-order valence-corrected chi connectivity index (χ1v) is 7.19. The van der Waals surface area contributed by atoms with E-state index in [9.17, 15) is 4.79 Å². The van der Waals surface area contributed by atoms with Crippen molar-refractivity contribution >= 4 is 22.9 Å². The largest absolute Gasteiger partial charge is 0.497 e. The molecule has 0 spiro atoms. The Kier molecular flexibility index (Phi) is 4.63. The molecule has 1 aromatic heterocycles. The summed E-state index contributed by atoms with van der Waals surface area (Å²) in [5.41, 5.74) is 7.58. The number of nitrogens with one attached hydrogen (secondary N) is 1. The first kappa shape index (κ1) is 14.4. The molecule has 0 fully saturated rings. The summed E-state index contributed by atoms with van der Waals surface area (Å²) in [6.45, 7) is 2.51. The van der Waals surface area contributed by atoms with E-state index in [0.29, 0.717) is 17.1 Å². The summed E-state index contributed by atoms with van der Waals surface area (Å²) in [5, 5.41) is 2.90. The molecule has 1 heterocycles. The van der Waals surface area contributed by atoms with Crippen LogP contribution in [-0.2, 0) is 6.42 Å². The SMILES string of the molecule is COc1ccc(CCNC(=O)c2cc(N)c(C)s2)cc1. The van der Waals surface area contributed by atoms with E-state index in [-0.39, 0.29) is 5.91 Å². The first-order valence-electron chi connectivity index (χ1n) is 6.37. The Morgan fingerprint density at radius 3 is 2.60 bits per heavy atom. The number of anilines is 1. The summed E-state index contributed by atoms with van der Waals surface area (Å²) in [5.74, 6) is 0.769. The molecule has 1 aromatic carbocycles. The zero-order valence-electron chi connectivity index (χ0n) is 11.6. The van der Waals surface area contributed by atoms with Crippen LogP contribution in [0.15, 0.2) is 30.3 Å². The van der Waals surface area contributed by atoms with E-state index in [0.717, 1.165) is 22.6 Å². The van der Waals surface area contributed by atoms with Gasteiger partial charge in [-0.3, -0.25) is 4.79 Å². The zero-order chi connectivity index (χ0) is 14.5. The third kappa shape index (κ3) is 3.51. The van der Waals surface area contributed by atoms with Crippen molar-refractivity contribution < 1.29 is 9.53 Å². The molecule has 0 aliphatic carbocycles. The molecule has 0 atom stereocenters. The molecule has 5 heteroatoms. The smallest absolute Gasteiger partial charge is 0.261 e. The highest BCUT2D eigenvalue weighted by Gasteiger charge is 2.10. The van der Waals surface area contributed by atoms with Gasteiger partial charge < -0.3 is 15.8 Å². The molecule has 0 saturated carbocycles. The summed E-state index contributed by atoms with van der Waals surface area (Å²) in [4.78, 5) is 13.6. The fourth-order valence-corrected chi connectivity index (χ4v) is 2.67. The minimum atomic E-state index is -0.0664. The van der Waals surface area contributed by atoms with Gasteiger partial charge in [-0.05, 0) is 37.1 Å². The molecule has 0 aliphatic rings. The molecule has 4 nitrogen and oxygen atoms in total. The normalized spacial score (nSPS) is 10.3. The van der Waals surface area contributed by atoms with Crippen molar-refractivity contribution in [1.29, 1.82) is 0 Å². The van der Waals surface area contributed by atoms with E-state index < -0.39 is 0 Å². The molecule has 1 amide bonds. The predicted octanol–water partition coefficient (Wildman–Crippen LogP) is 2.62. The Hall–Kier alpha value is -2.01. The lowest BCUT2D eigenvalue weighted by molar-refractivity contribution is 0.0958. The van der Waals surface area contributed by atoms with Crippen LogP contribution in [0.1, 0.15) is 20.1 Å². The van der Waals surface area contributed by atoms with Crippen molar-refractivity contribution in [3.63, 3.8) is 0 Å². The fourth-order valence-electron chi connectivity index (χ4n) is 1.81. The molecule has 2 rings (SSSR count). The Labute approximate surface area is 122 Å². The Bertz CT molecular complexity index is 571. The van der Waals surface area contributed by atoms with Gasteiger partial charge in [0.1, 0.15) is 5.75 Å². The zero-order valence-corrected chi connectivity index (χ0v) is 12.4. The van der Waals surface area contributed by atoms with Crippen molar-refractivity contribution in [3.8, 4) is 5.75 Å². The van der Waals surface area contributed by atoms with Gasteiger partial charge in [0.05, 0.1) is 12.0 Å². The maximum absolute atomic E-state index is 11.9. The van der Waals surface area contributed by atoms with Crippen molar-refractivity contribution in [2.24, 2.45) is 0 Å². The Morgan fingerprint density at radius 1 is 1.35 bits per heavy atom. The second-order valence-corrected chi connectivity index (χ2v) is 5.73. The van der Waals surface area contributed by atoms with Gasteiger partial charge >= 0.3 is 0 Å². The second-order valence-electron chi connectivity index (χ2n) is 4.48. The highest BCUT2D eigenvalue weighted by atomic mass is 32.1. The lowest BCUT2D eigenvalue weighted by atomic mass is 10.1. The number of nitrogen functional groups attached to an aromatic ring is 1. The molecule has 0 radical (unpaired) electrons. The van der Waals surface area contributed by atoms with Gasteiger partial charge in [-0.15, -0.1) is 11.3 Å². The van der Waals surface area contributed by atoms with Crippen LogP contribution in [0.2, 0.25) is 0 Å². The highest BCUT2D eigenvalue weighted by Crippen LogP contribution is 2.23. The molecule has 0 bridgehead atoms. The van der Waals surface area contributed by atoms with E-state index in [4.69, 9.17) is 10.5 Å². The van der Waals surface area contributed by atoms with E-state index in [2.05, 4.69) is 5.32 Å². The summed E-state index contributed by atoms with van der Waals surface area (Å²) < 4.78 is 5.10. The number of rotatable bonds is 5. The van der Waals surface area contributed by atoms with E-state index in [1.54, 1.807) is 13.2 Å². The molecular formula is C15H18N2O2S. The van der Waals surface area contributed by atoms with Crippen molar-refractivity contribution in [2.45, 2.75) is 13.3 Å². The number of hydrogen-bond acceptors (Lipinski definition) is 4. The minimum absolute atomic E-state index is 0.0664. The highest BCUT2D eigenvalue weighted by molar-refractivity contribution is 7.14. The van der Waals surface area contributed by atoms with Gasteiger partial charge in [0.15, 0.2) is 0 Å². The molecule has 3 N–H and O–H groups in total. The number of hydrogen-bond donors (Lipinski definition) is 2. The predicted molar refractivity (Wildman–Crippen MR) is 82.5 cm³/mol. The molecule has 0 unspecified atom stereocenters. The summed E-state index contributed by atoms with van der Waals surface area (Å²) >= 11 is 1.42. The number of nitrogens with two attached hydrogens (primary N) is 1. The lowest BCUT2D eigenvalue weighted by Gasteiger charge is -2.05. The molecular weight excluding hydrogens is 272 g/mol. The summed E-state index contributed by atoms with van der Waals surface area (Å²) in [6, 6.07) is 9.56. The van der Waals surface area contributed by atoms with Crippen molar-refractivity contribution in [1.82, 2.24) is 5.32 Å². The van der Waals surface area contributed by atoms with Crippen LogP contribution in [0.5, 0.6) is 5.75 Å². The number of thiophene rings is 1. The molecule has 20 heavy (non-hydrogen) atoms. The average molecular weight is 290 g/mol. The number of methoxy groups -OCH3 is 1. The molecule has 2 aromatic rings. The van der Waals surface area contributed by atoms with Crippen LogP contribution in [0.4, 0.5) is 5.69 Å².